The average molecular weight is 252 g/mol. The lowest BCUT2D eigenvalue weighted by Gasteiger charge is -2.17. The Morgan fingerprint density at radius 2 is 1.56 bits per heavy atom. The molecule has 2 aromatic rings. The maximum Gasteiger partial charge on any atom is 0.0776 e. The summed E-state index contributed by atoms with van der Waals surface area (Å²) in [6, 6.07) is 11.7. The van der Waals surface area contributed by atoms with Gasteiger partial charge < -0.3 is 10.2 Å². The second kappa shape index (κ2) is 4.64. The molecule has 0 aliphatic rings. The number of hydrogen-bond acceptors (Lipinski definition) is 3. The number of aliphatic hydroxyl groups is 2. The van der Waals surface area contributed by atoms with Crippen molar-refractivity contribution in [2.75, 3.05) is 12.7 Å². The normalized spacial score (nSPS) is 11.9. The highest BCUT2D eigenvalue weighted by atomic mass is 32.4. The molecule has 0 radical (unpaired) electrons. The molecule has 0 spiro atoms. The third-order valence-electron chi connectivity index (χ3n) is 2.66. The predicted molar refractivity (Wildman–Crippen MR) is 72.0 cm³/mol. The van der Waals surface area contributed by atoms with Crippen molar-refractivity contribution < 1.29 is 10.2 Å². The summed E-state index contributed by atoms with van der Waals surface area (Å²) < 4.78 is 0. The van der Waals surface area contributed by atoms with Crippen LogP contribution >= 0.6 is 6.04 Å². The molecule has 0 aromatic heterocycles. The van der Waals surface area contributed by atoms with E-state index in [0.29, 0.717) is 0 Å². The van der Waals surface area contributed by atoms with Crippen molar-refractivity contribution >= 4 is 33.9 Å². The van der Waals surface area contributed by atoms with Crippen molar-refractivity contribution in [1.29, 1.82) is 0 Å². The van der Waals surface area contributed by atoms with Gasteiger partial charge in [0.25, 0.3) is 0 Å². The summed E-state index contributed by atoms with van der Waals surface area (Å²) >= 11 is 5.34. The molecule has 0 fully saturated rings. The summed E-state index contributed by atoms with van der Waals surface area (Å²) in [4.78, 5) is 0. The summed E-state index contributed by atoms with van der Waals surface area (Å²) in [6.07, 6.45) is -0.256. The molecule has 0 amide bonds. The molecule has 2 nitrogen and oxygen atoms in total. The van der Waals surface area contributed by atoms with Crippen molar-refractivity contribution in [1.82, 2.24) is 0 Å². The highest BCUT2D eigenvalue weighted by Crippen LogP contribution is 2.42. The van der Waals surface area contributed by atoms with Crippen molar-refractivity contribution in [2.45, 2.75) is 0 Å². The molecule has 4 heteroatoms. The van der Waals surface area contributed by atoms with Gasteiger partial charge in [-0.2, -0.15) is 0 Å². The van der Waals surface area contributed by atoms with Gasteiger partial charge in [0.05, 0.1) is 12.7 Å². The lowest BCUT2D eigenvalue weighted by molar-refractivity contribution is 0.345. The van der Waals surface area contributed by atoms with Gasteiger partial charge in [0, 0.05) is 6.04 Å². The van der Waals surface area contributed by atoms with Crippen molar-refractivity contribution in [3.8, 4) is 0 Å². The quantitative estimate of drug-likeness (QED) is 0.819. The Hall–Kier alpha value is -0.730. The second-order valence-corrected chi connectivity index (χ2v) is 8.66. The van der Waals surface area contributed by atoms with E-state index in [-0.39, 0.29) is 12.7 Å². The third kappa shape index (κ3) is 2.04. The lowest BCUT2D eigenvalue weighted by atomic mass is 10.1. The molecule has 0 saturated heterocycles. The molecule has 2 rings (SSSR count). The molecule has 16 heavy (non-hydrogen) atoms. The number of hydrogen-bond donors (Lipinski definition) is 2. The average Bonchev–Trinajstić information content (AvgIpc) is 2.37. The lowest BCUT2D eigenvalue weighted by Crippen LogP contribution is -2.10. The Kier molecular flexibility index (Phi) is 3.41. The Morgan fingerprint density at radius 3 is 2.19 bits per heavy atom. The molecule has 0 saturated carbocycles. The zero-order valence-corrected chi connectivity index (χ0v) is 10.4. The fourth-order valence-electron chi connectivity index (χ4n) is 1.64. The maximum absolute atomic E-state index is 9.30. The number of aliphatic hydroxyl groups excluding tert-OH is 2. The van der Waals surface area contributed by atoms with Crippen LogP contribution in [0.3, 0.4) is 0 Å². The van der Waals surface area contributed by atoms with Crippen LogP contribution in [0.5, 0.6) is 0 Å². The Morgan fingerprint density at radius 1 is 0.938 bits per heavy atom. The largest absolute Gasteiger partial charge is 0.391 e. The van der Waals surface area contributed by atoms with E-state index in [1.807, 2.05) is 42.5 Å². The van der Waals surface area contributed by atoms with Gasteiger partial charge in [0.1, 0.15) is 0 Å². The maximum atomic E-state index is 9.30. The Labute approximate surface area is 99.6 Å². The van der Waals surface area contributed by atoms with Crippen LogP contribution in [0.25, 0.3) is 10.8 Å². The minimum absolute atomic E-state index is 0.128. The molecular weight excluding hydrogens is 239 g/mol. The summed E-state index contributed by atoms with van der Waals surface area (Å²) in [5, 5.41) is 21.7. The Bertz CT molecular complexity index is 545. The standard InChI is InChI=1S/C12H13O2PS/c13-8-15(16,9-14)12-6-5-10-3-1-2-4-11(10)7-12/h1-7,13-14H,8-9H2. The molecule has 0 aliphatic heterocycles. The van der Waals surface area contributed by atoms with Crippen LogP contribution in [0, 0.1) is 0 Å². The van der Waals surface area contributed by atoms with Gasteiger partial charge in [-0.25, -0.2) is 0 Å². The highest BCUT2D eigenvalue weighted by molar-refractivity contribution is 8.18. The fraction of sp³-hybridized carbons (Fsp3) is 0.167. The van der Waals surface area contributed by atoms with E-state index in [1.165, 1.54) is 0 Å². The minimum Gasteiger partial charge on any atom is -0.391 e. The van der Waals surface area contributed by atoms with Crippen molar-refractivity contribution in [2.24, 2.45) is 0 Å². The first-order chi connectivity index (χ1) is 7.69. The van der Waals surface area contributed by atoms with Gasteiger partial charge in [0.15, 0.2) is 0 Å². The first-order valence-corrected chi connectivity index (χ1v) is 8.16. The zero-order chi connectivity index (χ0) is 11.6. The van der Waals surface area contributed by atoms with Crippen molar-refractivity contribution in [3.05, 3.63) is 42.5 Å². The summed E-state index contributed by atoms with van der Waals surface area (Å²) in [7, 11) is 0. The number of benzene rings is 2. The molecule has 0 heterocycles. The Balaban J connectivity index is 2.59. The first kappa shape index (κ1) is 11.7. The molecular formula is C12H13O2PS. The van der Waals surface area contributed by atoms with Gasteiger partial charge >= 0.3 is 0 Å². The van der Waals surface area contributed by atoms with Gasteiger partial charge in [-0.3, -0.25) is 0 Å². The number of fused-ring (bicyclic) bond motifs is 1. The molecule has 0 unspecified atom stereocenters. The second-order valence-electron chi connectivity index (χ2n) is 3.70. The highest BCUT2D eigenvalue weighted by Gasteiger charge is 2.17. The summed E-state index contributed by atoms with van der Waals surface area (Å²) in [5.74, 6) is 0. The van der Waals surface area contributed by atoms with Crippen molar-refractivity contribution in [3.63, 3.8) is 0 Å². The first-order valence-electron chi connectivity index (χ1n) is 4.99. The monoisotopic (exact) mass is 252 g/mol. The molecule has 2 N–H and O–H groups in total. The van der Waals surface area contributed by atoms with E-state index in [2.05, 4.69) is 0 Å². The van der Waals surface area contributed by atoms with Gasteiger partial charge in [-0.05, 0) is 22.1 Å². The minimum atomic E-state index is -2.19. The van der Waals surface area contributed by atoms with Gasteiger partial charge in [-0.1, -0.05) is 48.2 Å². The zero-order valence-electron chi connectivity index (χ0n) is 8.71. The SMILES string of the molecule is OCP(=S)(CO)c1ccc2ccccc2c1. The van der Waals surface area contributed by atoms with Crippen LogP contribution in [0.2, 0.25) is 0 Å². The molecule has 0 aliphatic carbocycles. The van der Waals surface area contributed by atoms with Gasteiger partial charge in [0.2, 0.25) is 0 Å². The van der Waals surface area contributed by atoms with E-state index in [9.17, 15) is 10.2 Å². The molecule has 0 atom stereocenters. The van der Waals surface area contributed by atoms with E-state index in [0.717, 1.165) is 16.1 Å². The van der Waals surface area contributed by atoms with E-state index in [1.54, 1.807) is 0 Å². The van der Waals surface area contributed by atoms with Crippen LogP contribution in [0.15, 0.2) is 42.5 Å². The van der Waals surface area contributed by atoms with Crippen LogP contribution in [0.1, 0.15) is 0 Å². The number of rotatable bonds is 3. The summed E-state index contributed by atoms with van der Waals surface area (Å²) in [5.41, 5.74) is 0. The molecule has 2 aromatic carbocycles. The third-order valence-corrected chi connectivity index (χ3v) is 6.12. The van der Waals surface area contributed by atoms with E-state index < -0.39 is 6.04 Å². The molecule has 0 bridgehead atoms. The summed E-state index contributed by atoms with van der Waals surface area (Å²) in [6.45, 7) is 0. The van der Waals surface area contributed by atoms with Crippen LogP contribution in [0.4, 0.5) is 0 Å². The van der Waals surface area contributed by atoms with Crippen LogP contribution in [-0.2, 0) is 11.8 Å². The van der Waals surface area contributed by atoms with Crippen LogP contribution in [-0.4, -0.2) is 22.9 Å². The van der Waals surface area contributed by atoms with Gasteiger partial charge in [-0.15, -0.1) is 0 Å². The van der Waals surface area contributed by atoms with Crippen LogP contribution < -0.4 is 5.30 Å². The fourth-order valence-corrected chi connectivity index (χ4v) is 3.12. The van der Waals surface area contributed by atoms with E-state index >= 15 is 0 Å². The smallest absolute Gasteiger partial charge is 0.0776 e. The predicted octanol–water partition coefficient (Wildman–Crippen LogP) is 1.84. The molecule has 84 valence electrons. The topological polar surface area (TPSA) is 40.5 Å². The van der Waals surface area contributed by atoms with E-state index in [4.69, 9.17) is 11.8 Å².